The minimum absolute atomic E-state index is 0.0604. The van der Waals surface area contributed by atoms with Gasteiger partial charge in [0.25, 0.3) is 5.56 Å². The fourth-order valence-electron chi connectivity index (χ4n) is 4.45. The van der Waals surface area contributed by atoms with Crippen LogP contribution in [0.25, 0.3) is 38.5 Å². The van der Waals surface area contributed by atoms with Gasteiger partial charge in [-0.25, -0.2) is 4.98 Å². The van der Waals surface area contributed by atoms with Gasteiger partial charge in [-0.2, -0.15) is 0 Å². The van der Waals surface area contributed by atoms with E-state index in [1.54, 1.807) is 11.0 Å². The Labute approximate surface area is 182 Å². The lowest BCUT2D eigenvalue weighted by atomic mass is 9.99. The zero-order chi connectivity index (χ0) is 21.7. The number of hydrogen-bond acceptors (Lipinski definition) is 4. The third kappa shape index (κ3) is 2.93. The summed E-state index contributed by atoms with van der Waals surface area (Å²) in [7, 11) is 0. The Hall–Kier alpha value is -4.13. The summed E-state index contributed by atoms with van der Waals surface area (Å²) in [4.78, 5) is 35.3. The molecule has 0 aliphatic carbocycles. The number of amides is 1. The van der Waals surface area contributed by atoms with Gasteiger partial charge in [-0.15, -0.1) is 0 Å². The molecule has 7 nitrogen and oxygen atoms in total. The Morgan fingerprint density at radius 2 is 1.91 bits per heavy atom. The molecule has 1 aliphatic heterocycles. The van der Waals surface area contributed by atoms with Crippen LogP contribution in [0, 0.1) is 0 Å². The molecule has 0 unspecified atom stereocenters. The quantitative estimate of drug-likeness (QED) is 0.476. The zero-order valence-corrected chi connectivity index (χ0v) is 17.2. The van der Waals surface area contributed by atoms with Crippen molar-refractivity contribution < 1.29 is 9.21 Å². The van der Waals surface area contributed by atoms with Crippen molar-refractivity contribution in [1.29, 1.82) is 0 Å². The van der Waals surface area contributed by atoms with Crippen LogP contribution >= 0.6 is 0 Å². The Morgan fingerprint density at radius 1 is 1.09 bits per heavy atom. The van der Waals surface area contributed by atoms with Gasteiger partial charge in [0.05, 0.1) is 6.33 Å². The first-order chi connectivity index (χ1) is 15.7. The second-order valence-corrected chi connectivity index (χ2v) is 8.02. The lowest BCUT2D eigenvalue weighted by Crippen LogP contribution is -2.38. The van der Waals surface area contributed by atoms with Crippen molar-refractivity contribution in [3.63, 3.8) is 0 Å². The molecular weight excluding hydrogens is 404 g/mol. The van der Waals surface area contributed by atoms with Gasteiger partial charge in [0, 0.05) is 41.1 Å². The fraction of sp³-hybridized carbons (Fsp3) is 0.160. The molecule has 0 fully saturated rings. The van der Waals surface area contributed by atoms with Crippen molar-refractivity contribution in [2.75, 3.05) is 13.1 Å². The van der Waals surface area contributed by atoms with Crippen molar-refractivity contribution in [3.8, 4) is 0 Å². The molecule has 32 heavy (non-hydrogen) atoms. The maximum Gasteiger partial charge on any atom is 0.297 e. The number of carbonyl (C=O) groups is 1. The monoisotopic (exact) mass is 424 g/mol. The van der Waals surface area contributed by atoms with E-state index < -0.39 is 0 Å². The number of aromatic nitrogens is 3. The number of hydrogen-bond donors (Lipinski definition) is 1. The molecule has 2 aromatic carbocycles. The second-order valence-electron chi connectivity index (χ2n) is 8.02. The van der Waals surface area contributed by atoms with Crippen LogP contribution in [0.3, 0.4) is 0 Å². The van der Waals surface area contributed by atoms with Crippen molar-refractivity contribution in [2.24, 2.45) is 0 Å². The minimum atomic E-state index is -0.341. The van der Waals surface area contributed by atoms with E-state index >= 15 is 0 Å². The number of furan rings is 1. The number of nitrogens with zero attached hydrogens (tertiary/aromatic N) is 3. The highest BCUT2D eigenvalue weighted by Crippen LogP contribution is 2.29. The summed E-state index contributed by atoms with van der Waals surface area (Å²) in [5, 5.41) is 1.99. The number of aromatic amines is 1. The lowest BCUT2D eigenvalue weighted by Gasteiger charge is -2.26. The Morgan fingerprint density at radius 3 is 2.75 bits per heavy atom. The van der Waals surface area contributed by atoms with Crippen LogP contribution in [-0.4, -0.2) is 38.4 Å². The number of carbonyl (C=O) groups excluding carboxylic acids is 1. The molecule has 0 saturated heterocycles. The number of nitrogens with one attached hydrogen (secondary N) is 1. The van der Waals surface area contributed by atoms with E-state index in [1.807, 2.05) is 36.5 Å². The Kier molecular flexibility index (Phi) is 4.21. The SMILES string of the molecule is O=C(Cn1cnc2c(oc3ccccc32)c1=O)N1CC=C(c2c[nH]c3ccccc23)CC1. The standard InChI is InChI=1S/C25H20N4O3/c30-22(14-29-15-27-23-18-6-2-4-8-21(18)32-24(23)25(29)31)28-11-9-16(10-12-28)19-13-26-20-7-3-1-5-17(19)20/h1-9,13,15,26H,10-12,14H2. The number of H-pyrrole nitrogens is 1. The highest BCUT2D eigenvalue weighted by molar-refractivity contribution is 6.01. The summed E-state index contributed by atoms with van der Waals surface area (Å²) in [5.74, 6) is -0.112. The van der Waals surface area contributed by atoms with E-state index in [2.05, 4.69) is 28.2 Å². The maximum atomic E-state index is 12.9. The number of para-hydroxylation sites is 2. The van der Waals surface area contributed by atoms with E-state index in [0.717, 1.165) is 17.3 Å². The van der Waals surface area contributed by atoms with Crippen LogP contribution in [-0.2, 0) is 11.3 Å². The van der Waals surface area contributed by atoms with Crippen LogP contribution in [0.2, 0.25) is 0 Å². The summed E-state index contributed by atoms with van der Waals surface area (Å²) in [6.45, 7) is 1.07. The van der Waals surface area contributed by atoms with Gasteiger partial charge in [-0.1, -0.05) is 36.4 Å². The highest BCUT2D eigenvalue weighted by atomic mass is 16.3. The molecule has 1 N–H and O–H groups in total. The maximum absolute atomic E-state index is 12.9. The molecule has 7 heteroatoms. The van der Waals surface area contributed by atoms with E-state index in [1.165, 1.54) is 27.4 Å². The predicted octanol–water partition coefficient (Wildman–Crippen LogP) is 3.94. The highest BCUT2D eigenvalue weighted by Gasteiger charge is 2.21. The largest absolute Gasteiger partial charge is 0.448 e. The van der Waals surface area contributed by atoms with Gasteiger partial charge in [-0.3, -0.25) is 14.2 Å². The van der Waals surface area contributed by atoms with Gasteiger partial charge in [0.15, 0.2) is 0 Å². The molecule has 1 amide bonds. The van der Waals surface area contributed by atoms with E-state index in [9.17, 15) is 9.59 Å². The number of rotatable bonds is 3. The van der Waals surface area contributed by atoms with Crippen LogP contribution in [0.4, 0.5) is 0 Å². The third-order valence-electron chi connectivity index (χ3n) is 6.15. The van der Waals surface area contributed by atoms with Gasteiger partial charge >= 0.3 is 0 Å². The summed E-state index contributed by atoms with van der Waals surface area (Å²) in [5.41, 5.74) is 4.50. The predicted molar refractivity (Wildman–Crippen MR) is 123 cm³/mol. The molecule has 3 aromatic heterocycles. The number of fused-ring (bicyclic) bond motifs is 4. The molecule has 0 saturated carbocycles. The fourth-order valence-corrected chi connectivity index (χ4v) is 4.45. The smallest absolute Gasteiger partial charge is 0.297 e. The molecule has 0 atom stereocenters. The lowest BCUT2D eigenvalue weighted by molar-refractivity contribution is -0.131. The first-order valence-electron chi connectivity index (χ1n) is 10.6. The summed E-state index contributed by atoms with van der Waals surface area (Å²) < 4.78 is 7.03. The number of benzene rings is 2. The van der Waals surface area contributed by atoms with Crippen LogP contribution in [0.1, 0.15) is 12.0 Å². The van der Waals surface area contributed by atoms with Gasteiger partial charge in [0.2, 0.25) is 11.5 Å². The molecule has 5 aromatic rings. The molecule has 0 spiro atoms. The summed E-state index contributed by atoms with van der Waals surface area (Å²) in [6.07, 6.45) is 6.33. The van der Waals surface area contributed by atoms with E-state index in [4.69, 9.17) is 4.42 Å². The Bertz CT molecular complexity index is 1590. The molecule has 158 valence electrons. The first kappa shape index (κ1) is 18.6. The average molecular weight is 424 g/mol. The molecule has 0 bridgehead atoms. The van der Waals surface area contributed by atoms with Gasteiger partial charge in [-0.05, 0) is 30.2 Å². The molecule has 1 aliphatic rings. The third-order valence-corrected chi connectivity index (χ3v) is 6.15. The molecule has 0 radical (unpaired) electrons. The van der Waals surface area contributed by atoms with Gasteiger partial charge < -0.3 is 14.3 Å². The Balaban J connectivity index is 1.23. The van der Waals surface area contributed by atoms with Crippen molar-refractivity contribution in [1.82, 2.24) is 19.4 Å². The summed E-state index contributed by atoms with van der Waals surface area (Å²) >= 11 is 0. The first-order valence-corrected chi connectivity index (χ1v) is 10.6. The molecule has 4 heterocycles. The minimum Gasteiger partial charge on any atom is -0.448 e. The zero-order valence-electron chi connectivity index (χ0n) is 17.2. The molecular formula is C25H20N4O3. The average Bonchev–Trinajstić information content (AvgIpc) is 3.43. The van der Waals surface area contributed by atoms with Crippen molar-refractivity contribution >= 4 is 44.5 Å². The van der Waals surface area contributed by atoms with Crippen LogP contribution in [0.5, 0.6) is 0 Å². The van der Waals surface area contributed by atoms with Crippen LogP contribution in [0.15, 0.2) is 76.3 Å². The van der Waals surface area contributed by atoms with Crippen LogP contribution < -0.4 is 5.56 Å². The van der Waals surface area contributed by atoms with E-state index in [-0.39, 0.29) is 23.6 Å². The van der Waals surface area contributed by atoms with E-state index in [0.29, 0.717) is 24.2 Å². The van der Waals surface area contributed by atoms with Gasteiger partial charge in [0.1, 0.15) is 17.6 Å². The van der Waals surface area contributed by atoms with Crippen molar-refractivity contribution in [3.05, 3.63) is 83.0 Å². The second kappa shape index (κ2) is 7.23. The summed E-state index contributed by atoms with van der Waals surface area (Å²) in [6, 6.07) is 15.6. The normalized spacial score (nSPS) is 14.4. The molecule has 6 rings (SSSR count). The van der Waals surface area contributed by atoms with Crippen molar-refractivity contribution in [2.45, 2.75) is 13.0 Å². The topological polar surface area (TPSA) is 84.1 Å².